The Bertz CT molecular complexity index is 664. The summed E-state index contributed by atoms with van der Waals surface area (Å²) in [6.07, 6.45) is 6.40. The quantitative estimate of drug-likeness (QED) is 0.655. The Kier molecular flexibility index (Phi) is 5.58. The van der Waals surface area contributed by atoms with Gasteiger partial charge >= 0.3 is 5.97 Å². The van der Waals surface area contributed by atoms with Gasteiger partial charge in [0.15, 0.2) is 17.6 Å². The van der Waals surface area contributed by atoms with E-state index in [2.05, 4.69) is 5.32 Å². The van der Waals surface area contributed by atoms with E-state index in [0.717, 1.165) is 31.2 Å². The van der Waals surface area contributed by atoms with Crippen LogP contribution < -0.4 is 14.8 Å². The van der Waals surface area contributed by atoms with Gasteiger partial charge in [-0.1, -0.05) is 18.9 Å². The lowest BCUT2D eigenvalue weighted by molar-refractivity contribution is -0.150. The molecule has 1 aliphatic heterocycles. The van der Waals surface area contributed by atoms with Crippen LogP contribution in [-0.2, 0) is 14.3 Å². The number of esters is 1. The van der Waals surface area contributed by atoms with Gasteiger partial charge in [-0.2, -0.15) is 0 Å². The molecule has 134 valence electrons. The first kappa shape index (κ1) is 17.3. The van der Waals surface area contributed by atoms with E-state index in [1.807, 2.05) is 6.07 Å². The second-order valence-electron chi connectivity index (χ2n) is 6.31. The van der Waals surface area contributed by atoms with Crippen molar-refractivity contribution in [1.29, 1.82) is 0 Å². The van der Waals surface area contributed by atoms with Gasteiger partial charge in [0.2, 0.25) is 0 Å². The zero-order valence-corrected chi connectivity index (χ0v) is 14.3. The molecule has 1 fully saturated rings. The predicted molar refractivity (Wildman–Crippen MR) is 92.4 cm³/mol. The van der Waals surface area contributed by atoms with Gasteiger partial charge in [0.25, 0.3) is 5.91 Å². The minimum absolute atomic E-state index is 0.210. The molecule has 0 unspecified atom stereocenters. The molecule has 1 aromatic rings. The molecular formula is C19H23NO5. The lowest BCUT2D eigenvalue weighted by Crippen LogP contribution is -2.40. The Morgan fingerprint density at radius 1 is 1.20 bits per heavy atom. The van der Waals surface area contributed by atoms with Crippen LogP contribution in [-0.4, -0.2) is 37.2 Å². The van der Waals surface area contributed by atoms with Crippen LogP contribution in [0.2, 0.25) is 0 Å². The van der Waals surface area contributed by atoms with Crippen LogP contribution >= 0.6 is 0 Å². The molecule has 6 nitrogen and oxygen atoms in total. The highest BCUT2D eigenvalue weighted by Crippen LogP contribution is 2.31. The summed E-state index contributed by atoms with van der Waals surface area (Å²) in [5.41, 5.74) is 0.796. The zero-order valence-electron chi connectivity index (χ0n) is 14.3. The normalized spacial score (nSPS) is 18.1. The van der Waals surface area contributed by atoms with Gasteiger partial charge in [0.1, 0.15) is 13.2 Å². The summed E-state index contributed by atoms with van der Waals surface area (Å²) >= 11 is 0. The van der Waals surface area contributed by atoms with Crippen molar-refractivity contribution in [3.63, 3.8) is 0 Å². The fraction of sp³-hybridized carbons (Fsp3) is 0.474. The van der Waals surface area contributed by atoms with Gasteiger partial charge < -0.3 is 19.5 Å². The maximum atomic E-state index is 12.0. The molecule has 1 aromatic carbocycles. The second-order valence-corrected chi connectivity index (χ2v) is 6.31. The van der Waals surface area contributed by atoms with Crippen LogP contribution in [0.15, 0.2) is 24.3 Å². The fourth-order valence-corrected chi connectivity index (χ4v) is 2.98. The average Bonchev–Trinajstić information content (AvgIpc) is 3.12. The minimum atomic E-state index is -0.807. The molecule has 1 N–H and O–H groups in total. The van der Waals surface area contributed by atoms with Crippen LogP contribution in [0.3, 0.4) is 0 Å². The summed E-state index contributed by atoms with van der Waals surface area (Å²) in [5.74, 6) is 0.561. The van der Waals surface area contributed by atoms with Gasteiger partial charge in [0.05, 0.1) is 0 Å². The third-order valence-corrected chi connectivity index (χ3v) is 4.34. The number of carbonyl (C=O) groups excluding carboxylic acids is 2. The van der Waals surface area contributed by atoms with E-state index < -0.39 is 12.1 Å². The van der Waals surface area contributed by atoms with Crippen LogP contribution in [0, 0.1) is 0 Å². The van der Waals surface area contributed by atoms with Crippen molar-refractivity contribution in [2.24, 2.45) is 0 Å². The number of hydrogen-bond donors (Lipinski definition) is 1. The smallest absolute Gasteiger partial charge is 0.331 e. The van der Waals surface area contributed by atoms with E-state index in [1.165, 1.54) is 6.08 Å². The van der Waals surface area contributed by atoms with Crippen molar-refractivity contribution in [3.05, 3.63) is 29.8 Å². The number of ether oxygens (including phenoxy) is 3. The summed E-state index contributed by atoms with van der Waals surface area (Å²) in [6.45, 7) is 2.63. The molecule has 0 aromatic heterocycles. The first-order valence-corrected chi connectivity index (χ1v) is 8.70. The average molecular weight is 345 g/mol. The second kappa shape index (κ2) is 8.05. The standard InChI is InChI=1S/C19H23NO5/c1-13(19(22)20-15-4-2-3-5-15)25-18(21)9-7-14-6-8-16-17(12-14)24-11-10-23-16/h6-9,12-13,15H,2-5,10-11H2,1H3,(H,20,22)/b9-7+/t13-/m0/s1. The summed E-state index contributed by atoms with van der Waals surface area (Å²) < 4.78 is 16.1. The summed E-state index contributed by atoms with van der Waals surface area (Å²) in [5, 5.41) is 2.92. The molecule has 6 heteroatoms. The Balaban J connectivity index is 1.51. The number of carbonyl (C=O) groups is 2. The molecule has 0 bridgehead atoms. The molecule has 0 saturated heterocycles. The number of nitrogens with one attached hydrogen (secondary N) is 1. The topological polar surface area (TPSA) is 73.9 Å². The predicted octanol–water partition coefficient (Wildman–Crippen LogP) is 2.46. The van der Waals surface area contributed by atoms with Crippen molar-refractivity contribution < 1.29 is 23.8 Å². The van der Waals surface area contributed by atoms with Crippen molar-refractivity contribution >= 4 is 18.0 Å². The Hall–Kier alpha value is -2.50. The molecular weight excluding hydrogens is 322 g/mol. The highest BCUT2D eigenvalue weighted by Gasteiger charge is 2.22. The molecule has 25 heavy (non-hydrogen) atoms. The molecule has 1 aliphatic carbocycles. The fourth-order valence-electron chi connectivity index (χ4n) is 2.98. The maximum Gasteiger partial charge on any atom is 0.331 e. The van der Waals surface area contributed by atoms with E-state index in [1.54, 1.807) is 25.1 Å². The van der Waals surface area contributed by atoms with Gasteiger partial charge in [0, 0.05) is 12.1 Å². The van der Waals surface area contributed by atoms with Crippen molar-refractivity contribution in [2.45, 2.75) is 44.8 Å². The van der Waals surface area contributed by atoms with Crippen LogP contribution in [0.5, 0.6) is 11.5 Å². The third kappa shape index (κ3) is 4.75. The van der Waals surface area contributed by atoms with E-state index >= 15 is 0 Å². The number of rotatable bonds is 5. The minimum Gasteiger partial charge on any atom is -0.486 e. The molecule has 0 radical (unpaired) electrons. The van der Waals surface area contributed by atoms with Crippen molar-refractivity contribution in [1.82, 2.24) is 5.32 Å². The zero-order chi connectivity index (χ0) is 17.6. The van der Waals surface area contributed by atoms with E-state index in [-0.39, 0.29) is 11.9 Å². The van der Waals surface area contributed by atoms with Crippen molar-refractivity contribution in [2.75, 3.05) is 13.2 Å². The Morgan fingerprint density at radius 2 is 1.92 bits per heavy atom. The molecule has 1 atom stereocenters. The van der Waals surface area contributed by atoms with Crippen LogP contribution in [0.25, 0.3) is 6.08 Å². The van der Waals surface area contributed by atoms with E-state index in [4.69, 9.17) is 14.2 Å². The third-order valence-electron chi connectivity index (χ3n) is 4.34. The molecule has 3 rings (SSSR count). The molecule has 1 saturated carbocycles. The summed E-state index contributed by atoms with van der Waals surface area (Å²) in [6, 6.07) is 5.64. The molecule has 1 amide bonds. The first-order valence-electron chi connectivity index (χ1n) is 8.70. The molecule has 0 spiro atoms. The monoisotopic (exact) mass is 345 g/mol. The van der Waals surface area contributed by atoms with E-state index in [0.29, 0.717) is 24.7 Å². The number of benzene rings is 1. The van der Waals surface area contributed by atoms with E-state index in [9.17, 15) is 9.59 Å². The highest BCUT2D eigenvalue weighted by atomic mass is 16.6. The lowest BCUT2D eigenvalue weighted by atomic mass is 10.2. The van der Waals surface area contributed by atoms with Gasteiger partial charge in [-0.25, -0.2) is 4.79 Å². The van der Waals surface area contributed by atoms with Crippen molar-refractivity contribution in [3.8, 4) is 11.5 Å². The SMILES string of the molecule is C[C@H](OC(=O)/C=C/c1ccc2c(c1)OCCO2)C(=O)NC1CCCC1. The first-order chi connectivity index (χ1) is 12.1. The van der Waals surface area contributed by atoms with Gasteiger partial charge in [-0.3, -0.25) is 4.79 Å². The lowest BCUT2D eigenvalue weighted by Gasteiger charge is -2.18. The Labute approximate surface area is 147 Å². The molecule has 1 heterocycles. The van der Waals surface area contributed by atoms with Crippen LogP contribution in [0.1, 0.15) is 38.2 Å². The van der Waals surface area contributed by atoms with Crippen LogP contribution in [0.4, 0.5) is 0 Å². The van der Waals surface area contributed by atoms with Gasteiger partial charge in [-0.15, -0.1) is 0 Å². The highest BCUT2D eigenvalue weighted by molar-refractivity contribution is 5.90. The maximum absolute atomic E-state index is 12.0. The number of amides is 1. The molecule has 2 aliphatic rings. The largest absolute Gasteiger partial charge is 0.486 e. The Morgan fingerprint density at radius 3 is 2.68 bits per heavy atom. The number of hydrogen-bond acceptors (Lipinski definition) is 5. The summed E-state index contributed by atoms with van der Waals surface area (Å²) in [7, 11) is 0. The summed E-state index contributed by atoms with van der Waals surface area (Å²) in [4.78, 5) is 23.9. The van der Waals surface area contributed by atoms with Gasteiger partial charge in [-0.05, 0) is 43.5 Å². The number of fused-ring (bicyclic) bond motifs is 1.